The van der Waals surface area contributed by atoms with Crippen LogP contribution in [0.4, 0.5) is 0 Å². The molecule has 0 aliphatic heterocycles. The minimum Gasteiger partial charge on any atom is -0.389 e. The molecule has 2 aliphatic carbocycles. The quantitative estimate of drug-likeness (QED) is 0.517. The lowest BCUT2D eigenvalue weighted by Crippen LogP contribution is -2.48. The summed E-state index contributed by atoms with van der Waals surface area (Å²) >= 11 is 0. The number of rotatable bonds is 0. The maximum absolute atomic E-state index is 12.2. The Bertz CT molecular complexity index is 409. The number of ketones is 1. The summed E-state index contributed by atoms with van der Waals surface area (Å²) in [5, 5.41) is 10.5. The molecule has 1 N–H and O–H groups in total. The number of carbonyl (C=O) groups excluding carboxylic acids is 1. The fourth-order valence-corrected chi connectivity index (χ4v) is 3.40. The molecule has 0 aromatic heterocycles. The first kappa shape index (κ1) is 12.6. The highest BCUT2D eigenvalue weighted by atomic mass is 16.3. The van der Waals surface area contributed by atoms with Gasteiger partial charge < -0.3 is 5.11 Å². The van der Waals surface area contributed by atoms with Crippen molar-refractivity contribution in [2.45, 2.75) is 52.6 Å². The van der Waals surface area contributed by atoms with E-state index < -0.39 is 5.60 Å². The Morgan fingerprint density at radius 2 is 2.12 bits per heavy atom. The van der Waals surface area contributed by atoms with Gasteiger partial charge in [-0.2, -0.15) is 0 Å². The van der Waals surface area contributed by atoms with Crippen molar-refractivity contribution < 1.29 is 9.90 Å². The van der Waals surface area contributed by atoms with E-state index in [-0.39, 0.29) is 24.0 Å². The Balaban J connectivity index is 2.50. The maximum atomic E-state index is 12.2. The lowest BCUT2D eigenvalue weighted by atomic mass is 9.62. The topological polar surface area (TPSA) is 37.3 Å². The van der Waals surface area contributed by atoms with Crippen LogP contribution in [0.15, 0.2) is 22.8 Å². The SMILES string of the molecule is CC1=C[C@H]2C(=C(C)C)C(=O)C[C@](C)(O)[C@H]2CC1. The summed E-state index contributed by atoms with van der Waals surface area (Å²) in [6.07, 6.45) is 4.51. The molecule has 0 aromatic rings. The molecule has 0 spiro atoms. The molecule has 0 heterocycles. The van der Waals surface area contributed by atoms with Crippen LogP contribution in [0.2, 0.25) is 0 Å². The zero-order valence-corrected chi connectivity index (χ0v) is 11.2. The lowest BCUT2D eigenvalue weighted by Gasteiger charge is -2.45. The Hall–Kier alpha value is -0.890. The van der Waals surface area contributed by atoms with Crippen LogP contribution in [0, 0.1) is 11.8 Å². The molecule has 0 saturated heterocycles. The Morgan fingerprint density at radius 1 is 1.47 bits per heavy atom. The number of hydrogen-bond acceptors (Lipinski definition) is 2. The molecule has 0 bridgehead atoms. The van der Waals surface area contributed by atoms with Crippen molar-refractivity contribution in [3.05, 3.63) is 22.8 Å². The summed E-state index contributed by atoms with van der Waals surface area (Å²) < 4.78 is 0. The highest BCUT2D eigenvalue weighted by molar-refractivity contribution is 5.98. The van der Waals surface area contributed by atoms with Gasteiger partial charge in [0.05, 0.1) is 5.60 Å². The molecule has 0 unspecified atom stereocenters. The van der Waals surface area contributed by atoms with Gasteiger partial charge in [0.15, 0.2) is 5.78 Å². The fraction of sp³-hybridized carbons (Fsp3) is 0.667. The van der Waals surface area contributed by atoms with Gasteiger partial charge in [0.1, 0.15) is 0 Å². The van der Waals surface area contributed by atoms with E-state index >= 15 is 0 Å². The first-order valence-corrected chi connectivity index (χ1v) is 6.43. The van der Waals surface area contributed by atoms with Gasteiger partial charge in [0.25, 0.3) is 0 Å². The molecule has 0 amide bonds. The van der Waals surface area contributed by atoms with Crippen LogP contribution in [-0.2, 0) is 4.79 Å². The lowest BCUT2D eigenvalue weighted by molar-refractivity contribution is -0.128. The van der Waals surface area contributed by atoms with Crippen molar-refractivity contribution in [3.8, 4) is 0 Å². The summed E-state index contributed by atoms with van der Waals surface area (Å²) in [4.78, 5) is 12.2. The third kappa shape index (κ3) is 2.11. The van der Waals surface area contributed by atoms with Crippen molar-refractivity contribution in [1.82, 2.24) is 0 Å². The van der Waals surface area contributed by atoms with E-state index in [9.17, 15) is 9.90 Å². The van der Waals surface area contributed by atoms with Crippen LogP contribution in [0.25, 0.3) is 0 Å². The van der Waals surface area contributed by atoms with Crippen molar-refractivity contribution in [2.24, 2.45) is 11.8 Å². The minimum absolute atomic E-state index is 0.127. The average Bonchev–Trinajstić information content (AvgIpc) is 2.14. The normalized spacial score (nSPS) is 37.6. The smallest absolute Gasteiger partial charge is 0.162 e. The second-order valence-electron chi connectivity index (χ2n) is 6.05. The molecule has 2 aliphatic rings. The summed E-state index contributed by atoms with van der Waals surface area (Å²) in [5.74, 6) is 0.459. The number of fused-ring (bicyclic) bond motifs is 1. The van der Waals surface area contributed by atoms with Gasteiger partial charge in [-0.1, -0.05) is 17.2 Å². The van der Waals surface area contributed by atoms with Gasteiger partial charge in [0, 0.05) is 17.9 Å². The van der Waals surface area contributed by atoms with E-state index in [0.29, 0.717) is 0 Å². The van der Waals surface area contributed by atoms with Gasteiger partial charge >= 0.3 is 0 Å². The third-order valence-corrected chi connectivity index (χ3v) is 4.24. The van der Waals surface area contributed by atoms with Gasteiger partial charge in [-0.3, -0.25) is 4.79 Å². The molecule has 17 heavy (non-hydrogen) atoms. The predicted octanol–water partition coefficient (Wildman–Crippen LogP) is 3.02. The van der Waals surface area contributed by atoms with Crippen LogP contribution in [0.3, 0.4) is 0 Å². The minimum atomic E-state index is -0.835. The van der Waals surface area contributed by atoms with Crippen LogP contribution < -0.4 is 0 Å². The largest absolute Gasteiger partial charge is 0.389 e. The van der Waals surface area contributed by atoms with Crippen LogP contribution in [0.1, 0.15) is 47.0 Å². The number of allylic oxidation sites excluding steroid dienone is 4. The van der Waals surface area contributed by atoms with Crippen LogP contribution >= 0.6 is 0 Å². The van der Waals surface area contributed by atoms with Gasteiger partial charge in [0.2, 0.25) is 0 Å². The standard InChI is InChI=1S/C15H22O2/c1-9(2)14-11-7-10(3)5-6-12(11)15(4,17)8-13(14)16/h7,11-12,17H,5-6,8H2,1-4H3/t11-,12+,15+/m1/s1. The summed E-state index contributed by atoms with van der Waals surface area (Å²) in [6, 6.07) is 0. The number of hydrogen-bond donors (Lipinski definition) is 1. The van der Waals surface area contributed by atoms with E-state index in [1.54, 1.807) is 0 Å². The average molecular weight is 234 g/mol. The Kier molecular flexibility index (Phi) is 3.03. The zero-order valence-electron chi connectivity index (χ0n) is 11.2. The van der Waals surface area contributed by atoms with E-state index in [4.69, 9.17) is 0 Å². The zero-order chi connectivity index (χ0) is 12.8. The predicted molar refractivity (Wildman–Crippen MR) is 68.6 cm³/mol. The molecule has 3 atom stereocenters. The van der Waals surface area contributed by atoms with Gasteiger partial charge in [-0.15, -0.1) is 0 Å². The van der Waals surface area contributed by atoms with E-state index in [1.165, 1.54) is 5.57 Å². The van der Waals surface area contributed by atoms with Crippen molar-refractivity contribution >= 4 is 5.78 Å². The summed E-state index contributed by atoms with van der Waals surface area (Å²) in [7, 11) is 0. The molecule has 1 fully saturated rings. The Labute approximate surface area is 103 Å². The molecular formula is C15H22O2. The van der Waals surface area contributed by atoms with Crippen molar-refractivity contribution in [1.29, 1.82) is 0 Å². The highest BCUT2D eigenvalue weighted by Gasteiger charge is 2.47. The van der Waals surface area contributed by atoms with E-state index in [1.807, 2.05) is 20.8 Å². The highest BCUT2D eigenvalue weighted by Crippen LogP contribution is 2.46. The second kappa shape index (κ2) is 4.09. The summed E-state index contributed by atoms with van der Waals surface area (Å²) in [6.45, 7) is 7.94. The number of aliphatic hydroxyl groups is 1. The monoisotopic (exact) mass is 234 g/mol. The van der Waals surface area contributed by atoms with E-state index in [0.717, 1.165) is 24.0 Å². The van der Waals surface area contributed by atoms with Gasteiger partial charge in [-0.25, -0.2) is 0 Å². The third-order valence-electron chi connectivity index (χ3n) is 4.24. The first-order valence-electron chi connectivity index (χ1n) is 6.43. The molecule has 1 saturated carbocycles. The van der Waals surface area contributed by atoms with Crippen molar-refractivity contribution in [3.63, 3.8) is 0 Å². The second-order valence-corrected chi connectivity index (χ2v) is 6.05. The molecule has 0 aromatic carbocycles. The molecule has 2 nitrogen and oxygen atoms in total. The summed E-state index contributed by atoms with van der Waals surface area (Å²) in [5.41, 5.74) is 2.56. The van der Waals surface area contributed by atoms with Crippen molar-refractivity contribution in [2.75, 3.05) is 0 Å². The first-order chi connectivity index (χ1) is 7.83. The number of Topliss-reactive ketones (excluding diaryl/α,β-unsaturated/α-hetero) is 1. The molecule has 0 radical (unpaired) electrons. The molecule has 2 heteroatoms. The Morgan fingerprint density at radius 3 is 2.71 bits per heavy atom. The van der Waals surface area contributed by atoms with Crippen LogP contribution in [0.5, 0.6) is 0 Å². The molecule has 2 rings (SSSR count). The van der Waals surface area contributed by atoms with Gasteiger partial charge in [-0.05, 0) is 46.5 Å². The maximum Gasteiger partial charge on any atom is 0.162 e. The fourth-order valence-electron chi connectivity index (χ4n) is 3.40. The molecular weight excluding hydrogens is 212 g/mol. The van der Waals surface area contributed by atoms with E-state index in [2.05, 4.69) is 13.0 Å². The number of carbonyl (C=O) groups is 1. The molecule has 94 valence electrons. The van der Waals surface area contributed by atoms with Crippen LogP contribution in [-0.4, -0.2) is 16.5 Å².